The second-order valence-corrected chi connectivity index (χ2v) is 9.19. The molecule has 2 amide bonds. The van der Waals surface area contributed by atoms with E-state index in [-0.39, 0.29) is 17.6 Å². The van der Waals surface area contributed by atoms with Crippen LogP contribution in [-0.2, 0) is 4.79 Å². The number of aryl methyl sites for hydroxylation is 1. The van der Waals surface area contributed by atoms with Gasteiger partial charge in [-0.3, -0.25) is 9.59 Å². The van der Waals surface area contributed by atoms with Gasteiger partial charge in [0.2, 0.25) is 5.91 Å². The van der Waals surface area contributed by atoms with Gasteiger partial charge in [0.1, 0.15) is 17.2 Å². The fraction of sp³-hybridized carbons (Fsp3) is 0.364. The van der Waals surface area contributed by atoms with Crippen molar-refractivity contribution in [3.8, 4) is 0 Å². The molecule has 0 saturated carbocycles. The fourth-order valence-electron chi connectivity index (χ4n) is 3.17. The lowest BCUT2D eigenvalue weighted by atomic mass is 10.1. The number of thioether (sulfide) groups is 1. The average molecular weight is 401 g/mol. The van der Waals surface area contributed by atoms with Crippen molar-refractivity contribution in [2.24, 2.45) is 0 Å². The summed E-state index contributed by atoms with van der Waals surface area (Å²) in [6, 6.07) is 12.9. The van der Waals surface area contributed by atoms with Gasteiger partial charge in [0.25, 0.3) is 5.91 Å². The van der Waals surface area contributed by atoms with Gasteiger partial charge in [-0.1, -0.05) is 29.8 Å². The maximum atomic E-state index is 13.8. The predicted octanol–water partition coefficient (Wildman–Crippen LogP) is 4.31. The fourth-order valence-corrected chi connectivity index (χ4v) is 4.59. The number of hydrogen-bond acceptors (Lipinski definition) is 3. The van der Waals surface area contributed by atoms with E-state index in [0.29, 0.717) is 16.9 Å². The Hall–Kier alpha value is -2.34. The largest absolute Gasteiger partial charge is 0.350 e. The van der Waals surface area contributed by atoms with Crippen LogP contribution in [0.1, 0.15) is 47.6 Å². The number of hydrogen-bond donors (Lipinski definition) is 1. The molecule has 1 heterocycles. The molecular formula is C22H25FN2O2S. The number of rotatable bonds is 3. The molecule has 28 heavy (non-hydrogen) atoms. The van der Waals surface area contributed by atoms with Crippen molar-refractivity contribution < 1.29 is 14.0 Å². The Labute approximate surface area is 169 Å². The monoisotopic (exact) mass is 400 g/mol. The van der Waals surface area contributed by atoms with Crippen molar-refractivity contribution in [3.05, 3.63) is 71.0 Å². The molecule has 148 valence electrons. The molecule has 2 unspecified atom stereocenters. The quantitative estimate of drug-likeness (QED) is 0.835. The summed E-state index contributed by atoms with van der Waals surface area (Å²) in [5.74, 6) is -0.322. The molecule has 0 spiro atoms. The van der Waals surface area contributed by atoms with E-state index in [9.17, 15) is 14.0 Å². The van der Waals surface area contributed by atoms with E-state index < -0.39 is 17.0 Å². The highest BCUT2D eigenvalue weighted by Gasteiger charge is 2.43. The highest BCUT2D eigenvalue weighted by Crippen LogP contribution is 2.42. The van der Waals surface area contributed by atoms with Crippen molar-refractivity contribution >= 4 is 23.6 Å². The van der Waals surface area contributed by atoms with Gasteiger partial charge in [0.05, 0.1) is 0 Å². The summed E-state index contributed by atoms with van der Waals surface area (Å²) in [5.41, 5.74) is 1.84. The van der Waals surface area contributed by atoms with Crippen LogP contribution in [0.15, 0.2) is 48.5 Å². The SMILES string of the molecule is Cc1ccc(C(=O)N2C(C(=O)NC(C)(C)C)CSC2c2cccc(F)c2)cc1. The summed E-state index contributed by atoms with van der Waals surface area (Å²) in [6.07, 6.45) is 0. The van der Waals surface area contributed by atoms with Crippen LogP contribution >= 0.6 is 11.8 Å². The first-order chi connectivity index (χ1) is 13.2. The lowest BCUT2D eigenvalue weighted by Crippen LogP contribution is -2.52. The number of carbonyl (C=O) groups excluding carboxylic acids is 2. The first-order valence-electron chi connectivity index (χ1n) is 9.24. The van der Waals surface area contributed by atoms with Crippen LogP contribution in [0.5, 0.6) is 0 Å². The molecule has 3 rings (SSSR count). The normalized spacial score (nSPS) is 19.5. The minimum atomic E-state index is -0.619. The number of nitrogens with one attached hydrogen (secondary N) is 1. The van der Waals surface area contributed by atoms with E-state index >= 15 is 0 Å². The maximum absolute atomic E-state index is 13.8. The van der Waals surface area contributed by atoms with E-state index in [1.54, 1.807) is 29.2 Å². The van der Waals surface area contributed by atoms with Crippen molar-refractivity contribution in [3.63, 3.8) is 0 Å². The molecule has 1 aliphatic heterocycles. The summed E-state index contributed by atoms with van der Waals surface area (Å²) in [6.45, 7) is 7.67. The van der Waals surface area contributed by atoms with Crippen molar-refractivity contribution in [1.82, 2.24) is 10.2 Å². The summed E-state index contributed by atoms with van der Waals surface area (Å²) in [5, 5.41) is 2.55. The lowest BCUT2D eigenvalue weighted by molar-refractivity contribution is -0.126. The number of benzene rings is 2. The van der Waals surface area contributed by atoms with Gasteiger partial charge in [0, 0.05) is 16.9 Å². The van der Waals surface area contributed by atoms with Gasteiger partial charge in [-0.05, 0) is 57.5 Å². The van der Waals surface area contributed by atoms with E-state index in [1.807, 2.05) is 39.8 Å². The zero-order valence-corrected chi connectivity index (χ0v) is 17.3. The average Bonchev–Trinajstić information content (AvgIpc) is 3.05. The molecule has 1 fully saturated rings. The van der Waals surface area contributed by atoms with Crippen molar-refractivity contribution in [2.75, 3.05) is 5.75 Å². The van der Waals surface area contributed by atoms with Crippen LogP contribution in [0.2, 0.25) is 0 Å². The van der Waals surface area contributed by atoms with E-state index in [1.165, 1.54) is 23.9 Å². The van der Waals surface area contributed by atoms with E-state index in [0.717, 1.165) is 5.56 Å². The highest BCUT2D eigenvalue weighted by molar-refractivity contribution is 7.99. The third kappa shape index (κ3) is 4.55. The van der Waals surface area contributed by atoms with Crippen LogP contribution in [0.25, 0.3) is 0 Å². The third-order valence-electron chi connectivity index (χ3n) is 4.47. The van der Waals surface area contributed by atoms with Crippen LogP contribution < -0.4 is 5.32 Å². The zero-order chi connectivity index (χ0) is 20.5. The van der Waals surface area contributed by atoms with E-state index in [2.05, 4.69) is 5.32 Å². The van der Waals surface area contributed by atoms with Crippen molar-refractivity contribution in [2.45, 2.75) is 44.6 Å². The molecule has 0 bridgehead atoms. The predicted molar refractivity (Wildman–Crippen MR) is 111 cm³/mol. The molecule has 4 nitrogen and oxygen atoms in total. The second-order valence-electron chi connectivity index (χ2n) is 8.07. The summed E-state index contributed by atoms with van der Waals surface area (Å²) in [4.78, 5) is 27.8. The molecule has 2 atom stereocenters. The molecule has 1 saturated heterocycles. The standard InChI is InChI=1S/C22H25FN2O2S/c1-14-8-10-15(11-9-14)20(27)25-18(19(26)24-22(2,3)4)13-28-21(25)16-6-5-7-17(23)12-16/h5-12,18,21H,13H2,1-4H3,(H,24,26). The molecule has 2 aromatic carbocycles. The molecule has 0 aromatic heterocycles. The van der Waals surface area contributed by atoms with Gasteiger partial charge in [-0.25, -0.2) is 4.39 Å². The summed E-state index contributed by atoms with van der Waals surface area (Å²) >= 11 is 1.48. The molecule has 1 aliphatic rings. The summed E-state index contributed by atoms with van der Waals surface area (Å²) in [7, 11) is 0. The highest BCUT2D eigenvalue weighted by atomic mass is 32.2. The molecule has 1 N–H and O–H groups in total. The van der Waals surface area contributed by atoms with Gasteiger partial charge in [-0.15, -0.1) is 11.8 Å². The minimum Gasteiger partial charge on any atom is -0.350 e. The van der Waals surface area contributed by atoms with Crippen LogP contribution in [-0.4, -0.2) is 34.0 Å². The number of amides is 2. The third-order valence-corrected chi connectivity index (χ3v) is 5.79. The Morgan fingerprint density at radius 1 is 1.14 bits per heavy atom. The number of halogens is 1. The molecule has 2 aromatic rings. The smallest absolute Gasteiger partial charge is 0.255 e. The number of nitrogens with zero attached hydrogens (tertiary/aromatic N) is 1. The zero-order valence-electron chi connectivity index (χ0n) is 16.5. The van der Waals surface area contributed by atoms with Crippen LogP contribution in [0.3, 0.4) is 0 Å². The first-order valence-corrected chi connectivity index (χ1v) is 10.3. The second kappa shape index (κ2) is 7.95. The van der Waals surface area contributed by atoms with Crippen LogP contribution in [0, 0.1) is 12.7 Å². The Balaban J connectivity index is 1.97. The first kappa shape index (κ1) is 20.4. The van der Waals surface area contributed by atoms with Crippen molar-refractivity contribution in [1.29, 1.82) is 0 Å². The number of carbonyl (C=O) groups is 2. The molecule has 0 aliphatic carbocycles. The van der Waals surface area contributed by atoms with Gasteiger partial charge < -0.3 is 10.2 Å². The summed E-state index contributed by atoms with van der Waals surface area (Å²) < 4.78 is 13.8. The minimum absolute atomic E-state index is 0.195. The van der Waals surface area contributed by atoms with Crippen LogP contribution in [0.4, 0.5) is 4.39 Å². The van der Waals surface area contributed by atoms with Gasteiger partial charge >= 0.3 is 0 Å². The Morgan fingerprint density at radius 3 is 2.43 bits per heavy atom. The molecular weight excluding hydrogens is 375 g/mol. The maximum Gasteiger partial charge on any atom is 0.255 e. The van der Waals surface area contributed by atoms with Gasteiger partial charge in [-0.2, -0.15) is 0 Å². The molecule has 0 radical (unpaired) electrons. The lowest BCUT2D eigenvalue weighted by Gasteiger charge is -2.31. The topological polar surface area (TPSA) is 49.4 Å². The Kier molecular flexibility index (Phi) is 5.79. The Morgan fingerprint density at radius 2 is 1.82 bits per heavy atom. The van der Waals surface area contributed by atoms with E-state index in [4.69, 9.17) is 0 Å². The molecule has 6 heteroatoms. The van der Waals surface area contributed by atoms with Gasteiger partial charge in [0.15, 0.2) is 0 Å². The Bertz CT molecular complexity index is 877.